The molecule has 0 amide bonds. The molecule has 0 atom stereocenters. The monoisotopic (exact) mass is 265 g/mol. The van der Waals surface area contributed by atoms with Crippen molar-refractivity contribution in [3.05, 3.63) is 22.3 Å². The van der Waals surface area contributed by atoms with Gasteiger partial charge in [0.2, 0.25) is 0 Å². The van der Waals surface area contributed by atoms with Gasteiger partial charge in [0, 0.05) is 6.54 Å². The number of hydrogen-bond donors (Lipinski definition) is 1. The maximum Gasteiger partial charge on any atom is 0.195 e. The summed E-state index contributed by atoms with van der Waals surface area (Å²) >= 11 is 7.04. The largest absolute Gasteiger partial charge is 0.299 e. The van der Waals surface area contributed by atoms with Crippen LogP contribution in [0.5, 0.6) is 0 Å². The molecule has 1 saturated carbocycles. The molecule has 2 aromatic rings. The molecule has 90 valence electrons. The van der Waals surface area contributed by atoms with Gasteiger partial charge in [0.05, 0.1) is 4.88 Å². The lowest BCUT2D eigenvalue weighted by Crippen LogP contribution is -2.31. The molecule has 0 bridgehead atoms. The molecule has 1 aliphatic rings. The quantitative estimate of drug-likeness (QED) is 0.855. The van der Waals surface area contributed by atoms with Crippen molar-refractivity contribution in [3.8, 4) is 10.7 Å². The van der Waals surface area contributed by atoms with Gasteiger partial charge in [-0.3, -0.25) is 9.67 Å². The first-order valence-corrected chi connectivity index (χ1v) is 7.16. The molecule has 3 nitrogen and oxygen atoms in total. The summed E-state index contributed by atoms with van der Waals surface area (Å²) in [5.74, 6) is 0.984. The van der Waals surface area contributed by atoms with E-state index in [-0.39, 0.29) is 0 Å². The summed E-state index contributed by atoms with van der Waals surface area (Å²) < 4.78 is 2.89. The standard InChI is InChI=1S/C12H15N3S2/c1-12(5-3-6-12)8-15-10(13-14-11(15)16)9-4-2-7-17-9/h2,4,7H,3,5-6,8H2,1H3,(H,14,16). The Balaban J connectivity index is 1.98. The highest BCUT2D eigenvalue weighted by molar-refractivity contribution is 7.71. The van der Waals surface area contributed by atoms with Gasteiger partial charge in [-0.05, 0) is 41.9 Å². The second-order valence-corrected chi connectivity index (χ2v) is 6.41. The van der Waals surface area contributed by atoms with Crippen molar-refractivity contribution in [3.63, 3.8) is 0 Å². The highest BCUT2D eigenvalue weighted by Crippen LogP contribution is 2.42. The minimum atomic E-state index is 0.411. The van der Waals surface area contributed by atoms with E-state index in [4.69, 9.17) is 12.2 Å². The lowest BCUT2D eigenvalue weighted by molar-refractivity contribution is 0.132. The molecule has 3 rings (SSSR count). The van der Waals surface area contributed by atoms with Gasteiger partial charge in [-0.15, -0.1) is 11.3 Å². The van der Waals surface area contributed by atoms with Gasteiger partial charge < -0.3 is 0 Å². The molecule has 17 heavy (non-hydrogen) atoms. The van der Waals surface area contributed by atoms with E-state index in [9.17, 15) is 0 Å². The second kappa shape index (κ2) is 4.07. The minimum absolute atomic E-state index is 0.411. The van der Waals surface area contributed by atoms with Crippen LogP contribution in [0.1, 0.15) is 26.2 Å². The summed E-state index contributed by atoms with van der Waals surface area (Å²) in [7, 11) is 0. The van der Waals surface area contributed by atoms with Gasteiger partial charge in [-0.25, -0.2) is 0 Å². The van der Waals surface area contributed by atoms with E-state index in [1.807, 2.05) is 6.07 Å². The molecule has 0 spiro atoms. The van der Waals surface area contributed by atoms with Crippen LogP contribution in [0.3, 0.4) is 0 Å². The smallest absolute Gasteiger partial charge is 0.195 e. The van der Waals surface area contributed by atoms with Crippen molar-refractivity contribution in [2.75, 3.05) is 0 Å². The number of rotatable bonds is 3. The fourth-order valence-electron chi connectivity index (χ4n) is 2.38. The first-order chi connectivity index (χ1) is 8.18. The van der Waals surface area contributed by atoms with Gasteiger partial charge in [0.1, 0.15) is 0 Å². The molecule has 0 aliphatic heterocycles. The highest BCUT2D eigenvalue weighted by atomic mass is 32.1. The summed E-state index contributed by atoms with van der Waals surface area (Å²) in [6, 6.07) is 4.14. The number of hydrogen-bond acceptors (Lipinski definition) is 3. The molecule has 1 N–H and O–H groups in total. The molecule has 0 saturated heterocycles. The minimum Gasteiger partial charge on any atom is -0.299 e. The van der Waals surface area contributed by atoms with Crippen LogP contribution in [0.2, 0.25) is 0 Å². The van der Waals surface area contributed by atoms with Crippen LogP contribution in [-0.4, -0.2) is 14.8 Å². The molecule has 2 aromatic heterocycles. The molecule has 0 aromatic carbocycles. The number of nitrogens with zero attached hydrogens (tertiary/aromatic N) is 2. The van der Waals surface area contributed by atoms with Gasteiger partial charge >= 0.3 is 0 Å². The topological polar surface area (TPSA) is 33.6 Å². The summed E-state index contributed by atoms with van der Waals surface area (Å²) in [6.07, 6.45) is 3.93. The van der Waals surface area contributed by atoms with Crippen molar-refractivity contribution < 1.29 is 0 Å². The highest BCUT2D eigenvalue weighted by Gasteiger charge is 2.33. The summed E-state index contributed by atoms with van der Waals surface area (Å²) in [6.45, 7) is 3.32. The molecular formula is C12H15N3S2. The summed E-state index contributed by atoms with van der Waals surface area (Å²) in [4.78, 5) is 1.18. The molecule has 2 heterocycles. The maximum absolute atomic E-state index is 5.34. The molecular weight excluding hydrogens is 250 g/mol. The molecule has 0 radical (unpaired) electrons. The Hall–Kier alpha value is -0.940. The van der Waals surface area contributed by atoms with Crippen molar-refractivity contribution in [2.24, 2.45) is 5.41 Å². The Kier molecular flexibility index (Phi) is 2.67. The van der Waals surface area contributed by atoms with E-state index in [2.05, 4.69) is 33.1 Å². The zero-order valence-electron chi connectivity index (χ0n) is 9.77. The molecule has 5 heteroatoms. The zero-order valence-corrected chi connectivity index (χ0v) is 11.4. The zero-order chi connectivity index (χ0) is 11.9. The Morgan fingerprint density at radius 1 is 1.59 bits per heavy atom. The number of aromatic amines is 1. The SMILES string of the molecule is CC1(Cn2c(-c3cccs3)n[nH]c2=S)CCC1. The lowest BCUT2D eigenvalue weighted by atomic mass is 9.70. The van der Waals surface area contributed by atoms with Gasteiger partial charge in [0.15, 0.2) is 10.6 Å². The summed E-state index contributed by atoms with van der Waals surface area (Å²) in [5.41, 5.74) is 0.411. The van der Waals surface area contributed by atoms with Gasteiger partial charge in [-0.2, -0.15) is 5.10 Å². The average Bonchev–Trinajstić information content (AvgIpc) is 2.87. The molecule has 1 fully saturated rings. The van der Waals surface area contributed by atoms with E-state index in [0.717, 1.165) is 17.1 Å². The van der Waals surface area contributed by atoms with Crippen LogP contribution >= 0.6 is 23.6 Å². The Morgan fingerprint density at radius 3 is 3.00 bits per heavy atom. The van der Waals surface area contributed by atoms with E-state index in [1.165, 1.54) is 24.1 Å². The normalized spacial score (nSPS) is 17.9. The summed E-state index contributed by atoms with van der Waals surface area (Å²) in [5, 5.41) is 9.35. The third-order valence-corrected chi connectivity index (χ3v) is 4.78. The van der Waals surface area contributed by atoms with E-state index >= 15 is 0 Å². The Labute approximate surface area is 109 Å². The van der Waals surface area contributed by atoms with Crippen LogP contribution in [0.25, 0.3) is 10.7 Å². The van der Waals surface area contributed by atoms with Crippen molar-refractivity contribution in [2.45, 2.75) is 32.7 Å². The second-order valence-electron chi connectivity index (χ2n) is 5.08. The number of nitrogens with one attached hydrogen (secondary N) is 1. The first kappa shape index (κ1) is 11.2. The predicted octanol–water partition coefficient (Wildman–Crippen LogP) is 3.86. The van der Waals surface area contributed by atoms with Gasteiger partial charge in [-0.1, -0.05) is 19.4 Å². The molecule has 1 aliphatic carbocycles. The van der Waals surface area contributed by atoms with Gasteiger partial charge in [0.25, 0.3) is 0 Å². The van der Waals surface area contributed by atoms with Crippen LogP contribution in [0, 0.1) is 10.2 Å². The van der Waals surface area contributed by atoms with Crippen LogP contribution in [0.15, 0.2) is 17.5 Å². The average molecular weight is 265 g/mol. The number of aromatic nitrogens is 3. The van der Waals surface area contributed by atoms with E-state index in [0.29, 0.717) is 5.41 Å². The van der Waals surface area contributed by atoms with Crippen LogP contribution in [0.4, 0.5) is 0 Å². The third-order valence-electron chi connectivity index (χ3n) is 3.60. The van der Waals surface area contributed by atoms with E-state index in [1.54, 1.807) is 11.3 Å². The maximum atomic E-state index is 5.34. The number of H-pyrrole nitrogens is 1. The van der Waals surface area contributed by atoms with Crippen LogP contribution < -0.4 is 0 Å². The molecule has 0 unspecified atom stereocenters. The van der Waals surface area contributed by atoms with E-state index < -0.39 is 0 Å². The van der Waals surface area contributed by atoms with Crippen molar-refractivity contribution >= 4 is 23.6 Å². The Morgan fingerprint density at radius 2 is 2.41 bits per heavy atom. The predicted molar refractivity (Wildman–Crippen MR) is 72.7 cm³/mol. The van der Waals surface area contributed by atoms with Crippen molar-refractivity contribution in [1.82, 2.24) is 14.8 Å². The number of thiophene rings is 1. The lowest BCUT2D eigenvalue weighted by Gasteiger charge is -2.38. The third kappa shape index (κ3) is 1.98. The van der Waals surface area contributed by atoms with Crippen molar-refractivity contribution in [1.29, 1.82) is 0 Å². The fourth-order valence-corrected chi connectivity index (χ4v) is 3.30. The van der Waals surface area contributed by atoms with Crippen LogP contribution in [-0.2, 0) is 6.54 Å². The Bertz CT molecular complexity index is 561. The first-order valence-electron chi connectivity index (χ1n) is 5.87. The fraction of sp³-hybridized carbons (Fsp3) is 0.500.